The van der Waals surface area contributed by atoms with Gasteiger partial charge in [0.2, 0.25) is 5.91 Å². The van der Waals surface area contributed by atoms with E-state index in [4.69, 9.17) is 189 Å². The molecule has 682 valence electrons. The van der Waals surface area contributed by atoms with E-state index in [0.717, 1.165) is 6.08 Å². The van der Waals surface area contributed by atoms with Crippen molar-refractivity contribution in [1.82, 2.24) is 5.32 Å². The molecule has 0 aliphatic carbocycles. The summed E-state index contributed by atoms with van der Waals surface area (Å²) >= 11 is 0. The van der Waals surface area contributed by atoms with Crippen molar-refractivity contribution in [3.8, 4) is 0 Å². The van der Waals surface area contributed by atoms with Crippen LogP contribution < -0.4 is 5.32 Å². The van der Waals surface area contributed by atoms with Gasteiger partial charge >= 0.3 is 0 Å². The van der Waals surface area contributed by atoms with Gasteiger partial charge in [0.15, 0.2) is 50.3 Å². The molecule has 16 bridgehead atoms. The van der Waals surface area contributed by atoms with Crippen LogP contribution in [0.3, 0.4) is 0 Å². The van der Waals surface area contributed by atoms with Crippen LogP contribution in [0.1, 0.15) is 0 Å². The fraction of sp³-hybridized carbons (Fsp3) is 0.960. The molecule has 30 fully saturated rings. The topological polar surface area (TPSA) is 398 Å². The second kappa shape index (κ2) is 48.9. The molecule has 42 nitrogen and oxygen atoms in total. The molecule has 40 atom stereocenters. The zero-order chi connectivity index (χ0) is 84.7. The highest BCUT2D eigenvalue weighted by atomic mass is 16.8. The Hall–Kier alpha value is -2.39. The van der Waals surface area contributed by atoms with Crippen molar-refractivity contribution in [1.29, 1.82) is 0 Å². The van der Waals surface area contributed by atoms with Gasteiger partial charge in [0, 0.05) is 164 Å². The Morgan fingerprint density at radius 2 is 0.359 bits per heavy atom. The predicted molar refractivity (Wildman–Crippen MR) is 393 cm³/mol. The number of amides is 1. The first-order chi connectivity index (χ1) is 56.9. The van der Waals surface area contributed by atoms with E-state index in [0.29, 0.717) is 0 Å². The summed E-state index contributed by atoms with van der Waals surface area (Å²) in [5.41, 5.74) is 0. The number of ether oxygens (including phenoxy) is 40. The molecule has 30 saturated heterocycles. The Balaban J connectivity index is 1.14. The highest BCUT2D eigenvalue weighted by molar-refractivity contribution is 5.86. The molecule has 42 heteroatoms. The smallest absolute Gasteiger partial charge is 0.245 e. The normalized spacial score (nSPS) is 44.5. The van der Waals surface area contributed by atoms with Crippen LogP contribution in [-0.2, 0) is 194 Å². The number of methoxy groups -OCH3 is 23. The summed E-state index contributed by atoms with van der Waals surface area (Å²) in [6, 6.07) is 0. The monoisotopic (exact) mass is 1700 g/mol. The molecule has 30 aliphatic rings. The van der Waals surface area contributed by atoms with E-state index < -0.39 is 252 Å². The quantitative estimate of drug-likeness (QED) is 0.0404. The molecule has 0 aromatic heterocycles. The summed E-state index contributed by atoms with van der Waals surface area (Å²) in [4.78, 5) is 12.5. The number of rotatable bonds is 35. The summed E-state index contributed by atoms with van der Waals surface area (Å²) in [7, 11) is 34.2. The second-order valence-corrected chi connectivity index (χ2v) is 28.8. The van der Waals surface area contributed by atoms with Gasteiger partial charge in [-0.15, -0.1) is 0 Å². The molecule has 0 aromatic rings. The van der Waals surface area contributed by atoms with E-state index in [9.17, 15) is 4.79 Å². The SMILES string of the molecule is C=CC(=O)NCOC[C@H]1O[C@@H]2O[C@H]3[C@H](OC)[C@@H](OC)[C@@H](O[C@H]4[C@H](OC)[C@@H](OC)[C@@H](O[C@H]5[C@H](OC)[C@@H](OC)[C@@H](O[C@H]6[C@H](OC)[C@@H](OC)[C@@H](O[C@H]7[C@H](OC)[C@@H](OC)[C@@H](O[C@H]8[C@H](OC)[C@@H](OC)[C@@H](O[C@H]9[C@H](OC)[C@@H](OC)[C@@H](O[C@H]1[C@H](OC)[C@H]2OC)O[C@@H]9COC)O[C@@H]8COC)O[C@@H]7COC)O[C@@H]6COC)O[C@@H]5COC)O[C@@H]4COC)O[C@@H]3COC. The molecule has 0 aromatic carbocycles. The van der Waals surface area contributed by atoms with Gasteiger partial charge in [-0.3, -0.25) is 4.79 Å². The lowest BCUT2D eigenvalue weighted by molar-refractivity contribution is -0.410. The van der Waals surface area contributed by atoms with Crippen LogP contribution in [0.4, 0.5) is 0 Å². The highest BCUT2D eigenvalue weighted by Gasteiger charge is 2.63. The molecule has 0 unspecified atom stereocenters. The van der Waals surface area contributed by atoms with Crippen molar-refractivity contribution < 1.29 is 194 Å². The lowest BCUT2D eigenvalue weighted by Crippen LogP contribution is -2.70. The van der Waals surface area contributed by atoms with Crippen molar-refractivity contribution in [2.45, 2.75) is 246 Å². The second-order valence-electron chi connectivity index (χ2n) is 28.8. The Kier molecular flexibility index (Phi) is 41.1. The van der Waals surface area contributed by atoms with E-state index in [-0.39, 0.29) is 59.6 Å². The standard InChI is InChI=1S/C75H131NO41/c1-25-43(77)76-34-101-33-42-51-59(92-16)67(100-24)75(109-42)116-50-41(32-84-8)107-73(65(98-22)58(50)91-15)114-48-39(30-82-6)105-71(63(96-20)56(48)89-13)112-46-37(28-80-4)103-69(61(94-18)54(46)87-11)110-44-35(26-78-2)102-68(60(93-17)52(44)85-9)111-45-36(27-79-3)104-70(62(95-19)53(45)86-10)113-47-38(29-81-5)106-72(64(97-21)55(47)88-12)115-49-40(31-83-7)108-74(117-51)66(99-23)57(49)90-14/h25,35-42,44-75H,1,26-34H2,2-24H3,(H,76,77)/t35-,36-,37-,38-,39-,40-,41-,42-,44-,45-,46-,47-,48-,49-,50-,51-,52+,53+,54+,55+,56+,57+,58+,59+,60-,61-,62-,63-,64-,65-,66-,67-,68-,69-,70-,71-,72-,73-,74-,75-/m1/s1. The van der Waals surface area contributed by atoms with Gasteiger partial charge in [-0.25, -0.2) is 0 Å². The minimum Gasteiger partial charge on any atom is -0.382 e. The Morgan fingerprint density at radius 3 is 0.479 bits per heavy atom. The van der Waals surface area contributed by atoms with E-state index in [1.54, 1.807) is 0 Å². The number of hydrogen-bond acceptors (Lipinski definition) is 41. The summed E-state index contributed by atoms with van der Waals surface area (Å²) in [6.07, 6.45) is -43.0. The van der Waals surface area contributed by atoms with E-state index in [1.807, 2.05) is 0 Å². The van der Waals surface area contributed by atoms with Gasteiger partial charge in [-0.05, 0) is 6.08 Å². The molecule has 0 radical (unpaired) electrons. The molecule has 117 heavy (non-hydrogen) atoms. The minimum atomic E-state index is -1.36. The molecular weight excluding hydrogens is 1570 g/mol. The van der Waals surface area contributed by atoms with Crippen LogP contribution in [-0.4, -0.2) is 475 Å². The largest absolute Gasteiger partial charge is 0.382 e. The third-order valence-corrected chi connectivity index (χ3v) is 22.5. The molecule has 1 amide bonds. The first-order valence-electron chi connectivity index (χ1n) is 38.7. The molecule has 30 heterocycles. The third-order valence-electron chi connectivity index (χ3n) is 22.5. The summed E-state index contributed by atoms with van der Waals surface area (Å²) in [5.74, 6) is -0.501. The first kappa shape index (κ1) is 98.4. The Bertz CT molecular complexity index is 2730. The van der Waals surface area contributed by atoms with Crippen molar-refractivity contribution in [3.05, 3.63) is 12.7 Å². The lowest BCUT2D eigenvalue weighted by atomic mass is 9.94. The number of hydrogen-bond donors (Lipinski definition) is 1. The van der Waals surface area contributed by atoms with E-state index >= 15 is 0 Å². The Morgan fingerprint density at radius 1 is 0.222 bits per heavy atom. The molecular formula is C75H131NO41. The Labute approximate surface area is 684 Å². The van der Waals surface area contributed by atoms with E-state index in [1.165, 1.54) is 164 Å². The van der Waals surface area contributed by atoms with Crippen LogP contribution in [0.15, 0.2) is 12.7 Å². The molecule has 1 N–H and O–H groups in total. The van der Waals surface area contributed by atoms with E-state index in [2.05, 4.69) is 11.9 Å². The predicted octanol–water partition coefficient (Wildman–Crippen LogP) is -2.08. The zero-order valence-corrected chi connectivity index (χ0v) is 71.5. The third kappa shape index (κ3) is 22.4. The van der Waals surface area contributed by atoms with Gasteiger partial charge in [-0.1, -0.05) is 6.58 Å². The fourth-order valence-corrected chi connectivity index (χ4v) is 17.2. The number of carbonyl (C=O) groups excluding carboxylic acids is 1. The maximum absolute atomic E-state index is 12.5. The fourth-order valence-electron chi connectivity index (χ4n) is 17.2. The van der Waals surface area contributed by atoms with Crippen molar-refractivity contribution in [3.63, 3.8) is 0 Å². The van der Waals surface area contributed by atoms with Crippen LogP contribution >= 0.6 is 0 Å². The first-order valence-corrected chi connectivity index (χ1v) is 38.7. The van der Waals surface area contributed by atoms with Crippen molar-refractivity contribution >= 4 is 5.91 Å². The lowest BCUT2D eigenvalue weighted by Gasteiger charge is -2.53. The zero-order valence-electron chi connectivity index (χ0n) is 71.5. The van der Waals surface area contributed by atoms with Crippen molar-refractivity contribution in [2.24, 2.45) is 0 Å². The van der Waals surface area contributed by atoms with Crippen LogP contribution in [0.5, 0.6) is 0 Å². The maximum Gasteiger partial charge on any atom is 0.245 e. The number of carbonyl (C=O) groups is 1. The van der Waals surface area contributed by atoms with Gasteiger partial charge in [0.05, 0.1) is 52.9 Å². The van der Waals surface area contributed by atoms with Gasteiger partial charge < -0.3 is 195 Å². The summed E-state index contributed by atoms with van der Waals surface area (Å²) in [6.45, 7) is 2.41. The maximum atomic E-state index is 12.5. The minimum absolute atomic E-state index is 0.0701. The van der Waals surface area contributed by atoms with Gasteiger partial charge in [0.1, 0.15) is 202 Å². The van der Waals surface area contributed by atoms with Crippen LogP contribution in [0.25, 0.3) is 0 Å². The average Bonchev–Trinajstić information content (AvgIpc) is 0.764. The van der Waals surface area contributed by atoms with Gasteiger partial charge in [-0.2, -0.15) is 0 Å². The van der Waals surface area contributed by atoms with Crippen molar-refractivity contribution in [2.75, 3.05) is 223 Å². The number of nitrogens with one attached hydrogen (secondary N) is 1. The summed E-state index contributed by atoms with van der Waals surface area (Å²) < 4.78 is 261. The van der Waals surface area contributed by atoms with Gasteiger partial charge in [0.25, 0.3) is 0 Å². The summed E-state index contributed by atoms with van der Waals surface area (Å²) in [5, 5.41) is 2.63. The molecule has 0 saturated carbocycles. The van der Waals surface area contributed by atoms with Crippen LogP contribution in [0, 0.1) is 0 Å². The molecule has 30 rings (SSSR count). The highest BCUT2D eigenvalue weighted by Crippen LogP contribution is 2.44. The van der Waals surface area contributed by atoms with Crippen LogP contribution in [0.2, 0.25) is 0 Å². The average molecular weight is 1700 g/mol. The molecule has 0 spiro atoms. The molecule has 30 aliphatic heterocycles.